The summed E-state index contributed by atoms with van der Waals surface area (Å²) >= 11 is 12.4. The number of piperidine rings is 1. The smallest absolute Gasteiger partial charge is 0.304 e. The average molecular weight is 492 g/mol. The number of nitrogens with zero attached hydrogens (tertiary/aromatic N) is 1. The topological polar surface area (TPSA) is 98.1 Å². The van der Waals surface area contributed by atoms with Crippen LogP contribution in [0.3, 0.4) is 0 Å². The fourth-order valence-corrected chi connectivity index (χ4v) is 5.81. The summed E-state index contributed by atoms with van der Waals surface area (Å²) in [6.07, 6.45) is -1.31. The molecule has 33 heavy (non-hydrogen) atoms. The third-order valence-electron chi connectivity index (χ3n) is 7.04. The molecule has 1 amide bonds. The second kappa shape index (κ2) is 9.26. The molecule has 1 aliphatic heterocycles. The summed E-state index contributed by atoms with van der Waals surface area (Å²) in [6, 6.07) is 13.4. The lowest BCUT2D eigenvalue weighted by molar-refractivity contribution is -0.163. The van der Waals surface area contributed by atoms with E-state index in [9.17, 15) is 24.9 Å². The van der Waals surface area contributed by atoms with Gasteiger partial charge in [-0.15, -0.1) is 0 Å². The van der Waals surface area contributed by atoms with E-state index < -0.39 is 35.7 Å². The van der Waals surface area contributed by atoms with Crippen LogP contribution in [0.1, 0.15) is 55.7 Å². The Morgan fingerprint density at radius 1 is 1.06 bits per heavy atom. The summed E-state index contributed by atoms with van der Waals surface area (Å²) in [4.78, 5) is 27.3. The van der Waals surface area contributed by atoms with Gasteiger partial charge in [0.15, 0.2) is 0 Å². The molecule has 2 aliphatic rings. The molecule has 2 fully saturated rings. The molecule has 8 heteroatoms. The number of likely N-dealkylation sites (tertiary alicyclic amines) is 1. The molecule has 6 nitrogen and oxygen atoms in total. The van der Waals surface area contributed by atoms with Crippen molar-refractivity contribution in [1.82, 2.24) is 4.90 Å². The summed E-state index contributed by atoms with van der Waals surface area (Å²) in [7, 11) is 0. The number of carboxylic acid groups (broad SMARTS) is 1. The van der Waals surface area contributed by atoms with Gasteiger partial charge >= 0.3 is 5.97 Å². The highest BCUT2D eigenvalue weighted by molar-refractivity contribution is 6.30. The van der Waals surface area contributed by atoms with Gasteiger partial charge in [0.2, 0.25) is 5.91 Å². The van der Waals surface area contributed by atoms with Gasteiger partial charge < -0.3 is 20.2 Å². The molecule has 0 bridgehead atoms. The fourth-order valence-electron chi connectivity index (χ4n) is 5.49. The number of amides is 1. The van der Waals surface area contributed by atoms with Gasteiger partial charge in [-0.25, -0.2) is 0 Å². The molecule has 2 aromatic rings. The first-order valence-electron chi connectivity index (χ1n) is 11.0. The molecular weight excluding hydrogens is 465 g/mol. The highest BCUT2D eigenvalue weighted by atomic mass is 35.5. The van der Waals surface area contributed by atoms with Gasteiger partial charge in [0.25, 0.3) is 0 Å². The Balaban J connectivity index is 1.90. The Morgan fingerprint density at radius 3 is 2.33 bits per heavy atom. The molecule has 1 heterocycles. The maximum absolute atomic E-state index is 13.9. The number of carbonyl (C=O) groups is 2. The van der Waals surface area contributed by atoms with Crippen molar-refractivity contribution in [1.29, 1.82) is 0 Å². The Hall–Kier alpha value is -2.12. The number of aliphatic carboxylic acids is 1. The van der Waals surface area contributed by atoms with Crippen molar-refractivity contribution >= 4 is 35.1 Å². The maximum atomic E-state index is 13.9. The van der Waals surface area contributed by atoms with Crippen LogP contribution in [0, 0.1) is 5.41 Å². The van der Waals surface area contributed by atoms with E-state index in [2.05, 4.69) is 0 Å². The Morgan fingerprint density at radius 2 is 1.76 bits per heavy atom. The van der Waals surface area contributed by atoms with Crippen LogP contribution in [0.4, 0.5) is 0 Å². The summed E-state index contributed by atoms with van der Waals surface area (Å²) in [5, 5.41) is 31.8. The number of benzene rings is 2. The average Bonchev–Trinajstić information content (AvgIpc) is 3.08. The number of carboxylic acids is 1. The van der Waals surface area contributed by atoms with Crippen molar-refractivity contribution < 1.29 is 24.9 Å². The van der Waals surface area contributed by atoms with Crippen LogP contribution in [-0.2, 0) is 9.59 Å². The predicted octanol–water partition coefficient (Wildman–Crippen LogP) is 4.42. The van der Waals surface area contributed by atoms with Gasteiger partial charge in [0.05, 0.1) is 30.0 Å². The third-order valence-corrected chi connectivity index (χ3v) is 7.52. The zero-order valence-corrected chi connectivity index (χ0v) is 19.7. The van der Waals surface area contributed by atoms with Gasteiger partial charge in [0, 0.05) is 16.0 Å². The maximum Gasteiger partial charge on any atom is 0.304 e. The van der Waals surface area contributed by atoms with Gasteiger partial charge in [-0.2, -0.15) is 0 Å². The molecular formula is C25H27Cl2NO5. The minimum atomic E-state index is -1.19. The zero-order chi connectivity index (χ0) is 23.9. The minimum absolute atomic E-state index is 0.281. The SMILES string of the molecule is C[C@@]1(CC(=O)O)C[C@H](c2cccc(Cl)c2)[C@@H](c2ccc(Cl)cc2)N([C@@H]2CC[C@H](O)[C@@H]2O)C1=O. The summed E-state index contributed by atoms with van der Waals surface area (Å²) in [5.74, 6) is -1.68. The molecule has 0 radical (unpaired) electrons. The second-order valence-electron chi connectivity index (χ2n) is 9.41. The fraction of sp³-hybridized carbons (Fsp3) is 0.440. The largest absolute Gasteiger partial charge is 0.481 e. The van der Waals surface area contributed by atoms with Crippen molar-refractivity contribution in [3.63, 3.8) is 0 Å². The number of aliphatic hydroxyl groups excluding tert-OH is 2. The van der Waals surface area contributed by atoms with E-state index in [1.165, 1.54) is 0 Å². The molecule has 0 aromatic heterocycles. The van der Waals surface area contributed by atoms with Crippen LogP contribution in [0.5, 0.6) is 0 Å². The van der Waals surface area contributed by atoms with Crippen molar-refractivity contribution in [2.45, 2.75) is 62.8 Å². The van der Waals surface area contributed by atoms with Gasteiger partial charge in [-0.3, -0.25) is 9.59 Å². The standard InChI is InChI=1S/C25H27Cl2NO5/c1-25(13-21(30)31)12-18(15-3-2-4-17(27)11-15)22(14-5-7-16(26)8-6-14)28(24(25)33)19-9-10-20(29)23(19)32/h2-8,11,18-20,22-23,29,32H,9-10,12-13H2,1H3,(H,30,31)/t18-,19-,20+,22-,23-,25+/m1/s1. The Kier molecular flexibility index (Phi) is 6.74. The van der Waals surface area contributed by atoms with Crippen molar-refractivity contribution in [2.24, 2.45) is 5.41 Å². The van der Waals surface area contributed by atoms with Crippen LogP contribution < -0.4 is 0 Å². The summed E-state index contributed by atoms with van der Waals surface area (Å²) in [6.45, 7) is 1.67. The number of carbonyl (C=O) groups excluding carboxylic acids is 1. The van der Waals surface area contributed by atoms with E-state index in [0.717, 1.165) is 11.1 Å². The first-order valence-corrected chi connectivity index (χ1v) is 11.8. The normalized spacial score (nSPS) is 32.2. The number of hydrogen-bond acceptors (Lipinski definition) is 4. The molecule has 3 N–H and O–H groups in total. The quantitative estimate of drug-likeness (QED) is 0.574. The van der Waals surface area contributed by atoms with Crippen molar-refractivity contribution in [3.8, 4) is 0 Å². The number of hydrogen-bond donors (Lipinski definition) is 3. The number of halogens is 2. The molecule has 1 saturated carbocycles. The summed E-state index contributed by atoms with van der Waals surface area (Å²) < 4.78 is 0. The van der Waals surface area contributed by atoms with E-state index in [-0.39, 0.29) is 18.2 Å². The van der Waals surface area contributed by atoms with Crippen LogP contribution in [0.15, 0.2) is 48.5 Å². The van der Waals surface area contributed by atoms with Crippen molar-refractivity contribution in [2.75, 3.05) is 0 Å². The highest BCUT2D eigenvalue weighted by Crippen LogP contribution is 2.53. The summed E-state index contributed by atoms with van der Waals surface area (Å²) in [5.41, 5.74) is 0.517. The molecule has 1 aliphatic carbocycles. The number of aliphatic hydroxyl groups is 2. The lowest BCUT2D eigenvalue weighted by Crippen LogP contribution is -2.58. The number of rotatable bonds is 5. The third kappa shape index (κ3) is 4.62. The van der Waals surface area contributed by atoms with E-state index in [1.807, 2.05) is 30.3 Å². The van der Waals surface area contributed by atoms with E-state index in [1.54, 1.807) is 30.0 Å². The van der Waals surface area contributed by atoms with E-state index in [0.29, 0.717) is 29.3 Å². The lowest BCUT2D eigenvalue weighted by atomic mass is 9.67. The predicted molar refractivity (Wildman–Crippen MR) is 125 cm³/mol. The molecule has 0 spiro atoms. The van der Waals surface area contributed by atoms with Crippen LogP contribution in [0.25, 0.3) is 0 Å². The molecule has 176 valence electrons. The first-order chi connectivity index (χ1) is 15.6. The van der Waals surface area contributed by atoms with Gasteiger partial charge in [-0.1, -0.05) is 54.4 Å². The molecule has 0 unspecified atom stereocenters. The molecule has 6 atom stereocenters. The zero-order valence-electron chi connectivity index (χ0n) is 18.2. The van der Waals surface area contributed by atoms with Crippen LogP contribution in [0.2, 0.25) is 10.0 Å². The monoisotopic (exact) mass is 491 g/mol. The van der Waals surface area contributed by atoms with Gasteiger partial charge in [-0.05, 0) is 54.7 Å². The Bertz CT molecular complexity index is 1050. The molecule has 1 saturated heterocycles. The Labute approximate surface area is 202 Å². The highest BCUT2D eigenvalue weighted by Gasteiger charge is 2.54. The second-order valence-corrected chi connectivity index (χ2v) is 10.3. The van der Waals surface area contributed by atoms with Crippen LogP contribution in [-0.4, -0.2) is 50.3 Å². The molecule has 2 aromatic carbocycles. The van der Waals surface area contributed by atoms with E-state index >= 15 is 0 Å². The van der Waals surface area contributed by atoms with Gasteiger partial charge in [0.1, 0.15) is 6.10 Å². The first kappa shape index (κ1) is 24.0. The van der Waals surface area contributed by atoms with Crippen LogP contribution >= 0.6 is 23.2 Å². The lowest BCUT2D eigenvalue weighted by Gasteiger charge is -2.52. The molecule has 4 rings (SSSR count). The van der Waals surface area contributed by atoms with Crippen molar-refractivity contribution in [3.05, 3.63) is 69.7 Å². The van der Waals surface area contributed by atoms with E-state index in [4.69, 9.17) is 23.2 Å². The minimum Gasteiger partial charge on any atom is -0.481 e.